The monoisotopic (exact) mass is 265 g/mol. The van der Waals surface area contributed by atoms with E-state index in [9.17, 15) is 4.79 Å². The van der Waals surface area contributed by atoms with Gasteiger partial charge in [-0.1, -0.05) is 26.0 Å². The van der Waals surface area contributed by atoms with E-state index < -0.39 is 6.09 Å². The van der Waals surface area contributed by atoms with E-state index >= 15 is 0 Å². The molecule has 4 nitrogen and oxygen atoms in total. The molecule has 1 aromatic rings. The molecule has 19 heavy (non-hydrogen) atoms. The van der Waals surface area contributed by atoms with E-state index in [1.54, 1.807) is 0 Å². The Balaban J connectivity index is 2.70. The Morgan fingerprint density at radius 1 is 1.26 bits per heavy atom. The number of hydrogen-bond donors (Lipinski definition) is 1. The lowest BCUT2D eigenvalue weighted by Gasteiger charge is -2.25. The van der Waals surface area contributed by atoms with Crippen molar-refractivity contribution in [3.05, 3.63) is 29.8 Å². The van der Waals surface area contributed by atoms with Crippen molar-refractivity contribution in [2.75, 3.05) is 13.7 Å². The first-order valence-electron chi connectivity index (χ1n) is 6.44. The van der Waals surface area contributed by atoms with E-state index in [1.165, 1.54) is 7.11 Å². The Labute approximate surface area is 115 Å². The van der Waals surface area contributed by atoms with E-state index in [0.717, 1.165) is 11.3 Å². The number of hydrogen-bond acceptors (Lipinski definition) is 3. The zero-order chi connectivity index (χ0) is 14.5. The van der Waals surface area contributed by atoms with Crippen molar-refractivity contribution in [2.45, 2.75) is 39.2 Å². The maximum absolute atomic E-state index is 11.1. The summed E-state index contributed by atoms with van der Waals surface area (Å²) in [6.07, 6.45) is -0.243. The number of carbonyl (C=O) groups is 1. The van der Waals surface area contributed by atoms with Gasteiger partial charge in [0.2, 0.25) is 0 Å². The Kier molecular flexibility index (Phi) is 5.21. The molecular weight excluding hydrogens is 242 g/mol. The Morgan fingerprint density at radius 3 is 2.32 bits per heavy atom. The molecule has 0 bridgehead atoms. The minimum absolute atomic E-state index is 0.162. The van der Waals surface area contributed by atoms with Crippen LogP contribution in [0.4, 0.5) is 4.79 Å². The van der Waals surface area contributed by atoms with Gasteiger partial charge in [0.15, 0.2) is 0 Å². The first-order chi connectivity index (χ1) is 8.85. The topological polar surface area (TPSA) is 47.6 Å². The lowest BCUT2D eigenvalue weighted by molar-refractivity contribution is 0.168. The highest BCUT2D eigenvalue weighted by molar-refractivity contribution is 5.67. The zero-order valence-corrected chi connectivity index (χ0v) is 12.3. The lowest BCUT2D eigenvalue weighted by atomic mass is 9.84. The Bertz CT molecular complexity index is 410. The van der Waals surface area contributed by atoms with Gasteiger partial charge in [0.1, 0.15) is 5.75 Å². The van der Waals surface area contributed by atoms with Crippen molar-refractivity contribution >= 4 is 6.09 Å². The molecule has 0 aliphatic carbocycles. The molecule has 0 heterocycles. The highest BCUT2D eigenvalue weighted by Crippen LogP contribution is 2.25. The highest BCUT2D eigenvalue weighted by atomic mass is 16.5. The van der Waals surface area contributed by atoms with Crippen LogP contribution in [0.25, 0.3) is 0 Å². The summed E-state index contributed by atoms with van der Waals surface area (Å²) in [6, 6.07) is 7.96. The molecule has 1 aromatic carbocycles. The molecule has 1 rings (SSSR count). The largest absolute Gasteiger partial charge is 0.491 e. The molecule has 4 heteroatoms. The molecule has 0 saturated carbocycles. The van der Waals surface area contributed by atoms with Crippen LogP contribution in [0.1, 0.15) is 33.3 Å². The molecule has 0 fully saturated rings. The molecule has 1 amide bonds. The molecule has 0 saturated heterocycles. The van der Waals surface area contributed by atoms with Crippen LogP contribution in [0.2, 0.25) is 0 Å². The van der Waals surface area contributed by atoms with Gasteiger partial charge in [-0.15, -0.1) is 0 Å². The van der Waals surface area contributed by atoms with Gasteiger partial charge in [0, 0.05) is 12.0 Å². The molecule has 0 aliphatic rings. The normalized spacial score (nSPS) is 11.3. The summed E-state index contributed by atoms with van der Waals surface area (Å²) in [6.45, 7) is 8.66. The van der Waals surface area contributed by atoms with Gasteiger partial charge < -0.3 is 14.8 Å². The number of carbonyl (C=O) groups excluding carboxylic acids is 1. The van der Waals surface area contributed by atoms with Gasteiger partial charge in [-0.05, 0) is 31.5 Å². The van der Waals surface area contributed by atoms with Gasteiger partial charge >= 0.3 is 6.09 Å². The highest BCUT2D eigenvalue weighted by Gasteiger charge is 2.21. The lowest BCUT2D eigenvalue weighted by Crippen LogP contribution is -2.36. The van der Waals surface area contributed by atoms with Crippen LogP contribution in [-0.2, 0) is 10.2 Å². The summed E-state index contributed by atoms with van der Waals surface area (Å²) in [5.74, 6) is 0.857. The summed E-state index contributed by atoms with van der Waals surface area (Å²) in [7, 11) is 1.36. The Morgan fingerprint density at radius 2 is 1.84 bits per heavy atom. The number of benzene rings is 1. The van der Waals surface area contributed by atoms with Crippen molar-refractivity contribution in [3.63, 3.8) is 0 Å². The first-order valence-corrected chi connectivity index (χ1v) is 6.44. The zero-order valence-electron chi connectivity index (χ0n) is 12.3. The van der Waals surface area contributed by atoms with E-state index in [0.29, 0.717) is 6.54 Å². The van der Waals surface area contributed by atoms with Gasteiger partial charge in [0.05, 0.1) is 13.2 Å². The molecule has 0 unspecified atom stereocenters. The van der Waals surface area contributed by atoms with Crippen LogP contribution in [-0.4, -0.2) is 25.9 Å². The third-order valence-electron chi connectivity index (χ3n) is 2.87. The average Bonchev–Trinajstić information content (AvgIpc) is 2.36. The predicted octanol–water partition coefficient (Wildman–Crippen LogP) is 3.11. The second-order valence-corrected chi connectivity index (χ2v) is 5.42. The number of alkyl carbamates (subject to hydrolysis) is 1. The van der Waals surface area contributed by atoms with Crippen LogP contribution in [0.5, 0.6) is 5.75 Å². The molecule has 0 aromatic heterocycles. The van der Waals surface area contributed by atoms with Crippen molar-refractivity contribution in [1.82, 2.24) is 5.32 Å². The van der Waals surface area contributed by atoms with Crippen LogP contribution in [0.15, 0.2) is 24.3 Å². The SMILES string of the molecule is COC(=O)NCC(C)(C)c1ccc(OC(C)C)cc1. The van der Waals surface area contributed by atoms with Crippen LogP contribution < -0.4 is 10.1 Å². The van der Waals surface area contributed by atoms with Gasteiger partial charge in [-0.3, -0.25) is 0 Å². The second-order valence-electron chi connectivity index (χ2n) is 5.42. The quantitative estimate of drug-likeness (QED) is 0.890. The molecule has 1 N–H and O–H groups in total. The Hall–Kier alpha value is -1.71. The van der Waals surface area contributed by atoms with Crippen LogP contribution >= 0.6 is 0 Å². The summed E-state index contributed by atoms with van der Waals surface area (Å²) in [4.78, 5) is 11.1. The molecular formula is C15H23NO3. The third kappa shape index (κ3) is 4.81. The minimum atomic E-state index is -0.409. The number of amides is 1. The number of methoxy groups -OCH3 is 1. The smallest absolute Gasteiger partial charge is 0.406 e. The standard InChI is InChI=1S/C15H23NO3/c1-11(2)19-13-8-6-12(7-9-13)15(3,4)10-16-14(17)18-5/h6-9,11H,10H2,1-5H3,(H,16,17). The third-order valence-corrected chi connectivity index (χ3v) is 2.87. The van der Waals surface area contributed by atoms with Crippen LogP contribution in [0, 0.1) is 0 Å². The van der Waals surface area contributed by atoms with Gasteiger partial charge in [0.25, 0.3) is 0 Å². The maximum Gasteiger partial charge on any atom is 0.406 e. The maximum atomic E-state index is 11.1. The average molecular weight is 265 g/mol. The molecule has 0 spiro atoms. The number of ether oxygens (including phenoxy) is 2. The summed E-state index contributed by atoms with van der Waals surface area (Å²) < 4.78 is 10.2. The summed E-state index contributed by atoms with van der Waals surface area (Å²) in [5.41, 5.74) is 0.977. The van der Waals surface area contributed by atoms with Gasteiger partial charge in [-0.2, -0.15) is 0 Å². The molecule has 0 aliphatic heterocycles. The predicted molar refractivity (Wildman–Crippen MR) is 75.6 cm³/mol. The molecule has 0 atom stereocenters. The second kappa shape index (κ2) is 6.45. The first kappa shape index (κ1) is 15.3. The fourth-order valence-electron chi connectivity index (χ4n) is 1.72. The molecule has 0 radical (unpaired) electrons. The van der Waals surface area contributed by atoms with Gasteiger partial charge in [-0.25, -0.2) is 4.79 Å². The van der Waals surface area contributed by atoms with Crippen molar-refractivity contribution < 1.29 is 14.3 Å². The summed E-state index contributed by atoms with van der Waals surface area (Å²) >= 11 is 0. The van der Waals surface area contributed by atoms with E-state index in [-0.39, 0.29) is 11.5 Å². The van der Waals surface area contributed by atoms with Crippen molar-refractivity contribution in [1.29, 1.82) is 0 Å². The van der Waals surface area contributed by atoms with Crippen molar-refractivity contribution in [2.24, 2.45) is 0 Å². The summed E-state index contributed by atoms with van der Waals surface area (Å²) in [5, 5.41) is 2.73. The minimum Gasteiger partial charge on any atom is -0.491 e. The number of nitrogens with one attached hydrogen (secondary N) is 1. The molecule has 106 valence electrons. The van der Waals surface area contributed by atoms with E-state index in [2.05, 4.69) is 23.9 Å². The number of rotatable bonds is 5. The van der Waals surface area contributed by atoms with E-state index in [4.69, 9.17) is 4.74 Å². The fraction of sp³-hybridized carbons (Fsp3) is 0.533. The van der Waals surface area contributed by atoms with E-state index in [1.807, 2.05) is 38.1 Å². The van der Waals surface area contributed by atoms with Crippen LogP contribution in [0.3, 0.4) is 0 Å². The van der Waals surface area contributed by atoms with Crippen molar-refractivity contribution in [3.8, 4) is 5.75 Å². The fourth-order valence-corrected chi connectivity index (χ4v) is 1.72.